The Balaban J connectivity index is 1.48. The van der Waals surface area contributed by atoms with Crippen molar-refractivity contribution in [2.45, 2.75) is 38.5 Å². The third-order valence-corrected chi connectivity index (χ3v) is 5.46. The van der Waals surface area contributed by atoms with E-state index in [0.29, 0.717) is 19.4 Å². The molecule has 1 atom stereocenters. The molecule has 11 heteroatoms. The average Bonchev–Trinajstić information content (AvgIpc) is 2.95. The zero-order valence-corrected chi connectivity index (χ0v) is 21.1. The molecule has 204 valence electrons. The van der Waals surface area contributed by atoms with Crippen molar-refractivity contribution in [1.29, 1.82) is 0 Å². The van der Waals surface area contributed by atoms with E-state index in [1.807, 2.05) is 48.5 Å². The number of nitrogens with one attached hydrogen (secondary N) is 2. The molecule has 0 aliphatic heterocycles. The summed E-state index contributed by atoms with van der Waals surface area (Å²) in [5.74, 6) is -0.659. The summed E-state index contributed by atoms with van der Waals surface area (Å²) >= 11 is 0. The van der Waals surface area contributed by atoms with Crippen molar-refractivity contribution in [3.63, 3.8) is 0 Å². The van der Waals surface area contributed by atoms with Gasteiger partial charge < -0.3 is 24.8 Å². The van der Waals surface area contributed by atoms with Gasteiger partial charge in [0.25, 0.3) is 5.69 Å². The van der Waals surface area contributed by atoms with Crippen LogP contribution in [0.15, 0.2) is 84.9 Å². The first-order chi connectivity index (χ1) is 18.9. The highest BCUT2D eigenvalue weighted by Crippen LogP contribution is 2.18. The summed E-state index contributed by atoms with van der Waals surface area (Å²) < 4.78 is 15.7. The largest absolute Gasteiger partial charge is 0.445 e. The van der Waals surface area contributed by atoms with Crippen LogP contribution in [0.25, 0.3) is 0 Å². The number of non-ortho nitro benzene ring substituents is 1. The number of rotatable bonds is 13. The molecule has 0 unspecified atom stereocenters. The average molecular weight is 536 g/mol. The van der Waals surface area contributed by atoms with Crippen LogP contribution in [-0.2, 0) is 27.5 Å². The molecule has 0 radical (unpaired) electrons. The zero-order valence-electron chi connectivity index (χ0n) is 21.1. The minimum atomic E-state index is -1.05. The Morgan fingerprint density at radius 1 is 0.769 bits per heavy atom. The summed E-state index contributed by atoms with van der Waals surface area (Å²) in [5, 5.41) is 16.0. The summed E-state index contributed by atoms with van der Waals surface area (Å²) in [6.45, 7) is 0.472. The summed E-state index contributed by atoms with van der Waals surface area (Å²) in [6, 6.07) is 22.3. The van der Waals surface area contributed by atoms with Gasteiger partial charge in [0.05, 0.1) is 4.92 Å². The molecule has 2 N–H and O–H groups in total. The minimum absolute atomic E-state index is 0.0196. The van der Waals surface area contributed by atoms with Gasteiger partial charge in [-0.25, -0.2) is 14.4 Å². The maximum Gasteiger partial charge on any atom is 0.408 e. The number of esters is 1. The molecule has 11 nitrogen and oxygen atoms in total. The van der Waals surface area contributed by atoms with Crippen LogP contribution in [0.4, 0.5) is 15.3 Å². The lowest BCUT2D eigenvalue weighted by Gasteiger charge is -2.17. The molecule has 0 fully saturated rings. The van der Waals surface area contributed by atoms with Gasteiger partial charge in [-0.1, -0.05) is 60.7 Å². The van der Waals surface area contributed by atoms with Gasteiger partial charge in [0.2, 0.25) is 0 Å². The van der Waals surface area contributed by atoms with E-state index in [2.05, 4.69) is 10.6 Å². The second-order valence-electron chi connectivity index (χ2n) is 8.42. The second-order valence-corrected chi connectivity index (χ2v) is 8.42. The molecule has 3 aromatic rings. The van der Waals surface area contributed by atoms with E-state index in [4.69, 9.17) is 14.2 Å². The van der Waals surface area contributed by atoms with Crippen LogP contribution in [-0.4, -0.2) is 35.7 Å². The number of carbonyl (C=O) groups is 3. The summed E-state index contributed by atoms with van der Waals surface area (Å²) in [4.78, 5) is 47.4. The van der Waals surface area contributed by atoms with Crippen molar-refractivity contribution in [2.75, 3.05) is 6.54 Å². The normalized spacial score (nSPS) is 11.1. The molecule has 0 spiro atoms. The number of nitro groups is 1. The van der Waals surface area contributed by atoms with Crippen molar-refractivity contribution in [1.82, 2.24) is 10.6 Å². The summed E-state index contributed by atoms with van der Waals surface area (Å²) in [6.07, 6.45) is -0.198. The van der Waals surface area contributed by atoms with Crippen molar-refractivity contribution in [3.05, 3.63) is 106 Å². The fourth-order valence-electron chi connectivity index (χ4n) is 3.42. The van der Waals surface area contributed by atoms with E-state index in [-0.39, 0.29) is 31.1 Å². The molecule has 0 aliphatic carbocycles. The summed E-state index contributed by atoms with van der Waals surface area (Å²) in [5.41, 5.74) is 1.50. The quantitative estimate of drug-likeness (QED) is 0.103. The van der Waals surface area contributed by atoms with Crippen molar-refractivity contribution >= 4 is 23.8 Å². The van der Waals surface area contributed by atoms with Crippen LogP contribution in [0, 0.1) is 10.1 Å². The Bertz CT molecular complexity index is 1220. The maximum absolute atomic E-state index is 12.8. The van der Waals surface area contributed by atoms with Gasteiger partial charge >= 0.3 is 18.2 Å². The van der Waals surface area contributed by atoms with Crippen molar-refractivity contribution in [2.24, 2.45) is 0 Å². The van der Waals surface area contributed by atoms with E-state index in [0.717, 1.165) is 11.1 Å². The molecular formula is C28H29N3O8. The molecule has 0 bridgehead atoms. The van der Waals surface area contributed by atoms with Gasteiger partial charge in [-0.3, -0.25) is 10.1 Å². The van der Waals surface area contributed by atoms with Crippen molar-refractivity contribution in [3.8, 4) is 5.75 Å². The van der Waals surface area contributed by atoms with Crippen LogP contribution in [0.3, 0.4) is 0 Å². The molecule has 2 amide bonds. The number of hydrogen-bond acceptors (Lipinski definition) is 8. The molecule has 0 aliphatic rings. The molecule has 39 heavy (non-hydrogen) atoms. The monoisotopic (exact) mass is 535 g/mol. The fraction of sp³-hybridized carbons (Fsp3) is 0.250. The number of hydrogen-bond donors (Lipinski definition) is 2. The third-order valence-electron chi connectivity index (χ3n) is 5.46. The molecule has 3 rings (SSSR count). The molecule has 0 heterocycles. The number of unbranched alkanes of at least 4 members (excludes halogenated alkanes) is 1. The highest BCUT2D eigenvalue weighted by atomic mass is 16.6. The van der Waals surface area contributed by atoms with Gasteiger partial charge in [0, 0.05) is 18.7 Å². The van der Waals surface area contributed by atoms with Crippen LogP contribution >= 0.6 is 0 Å². The lowest BCUT2D eigenvalue weighted by atomic mass is 10.1. The SMILES string of the molecule is O=C(NCCCC[C@@H](NC(=O)OCc1ccccc1)C(=O)Oc1ccc([N+](=O)[O-])cc1)OCc1ccccc1. The molecular weight excluding hydrogens is 506 g/mol. The van der Waals surface area contributed by atoms with E-state index in [1.54, 1.807) is 12.1 Å². The molecule has 3 aromatic carbocycles. The van der Waals surface area contributed by atoms with E-state index >= 15 is 0 Å². The maximum atomic E-state index is 12.8. The van der Waals surface area contributed by atoms with Gasteiger partial charge in [-0.2, -0.15) is 0 Å². The third kappa shape index (κ3) is 10.5. The van der Waals surface area contributed by atoms with Gasteiger partial charge in [0.15, 0.2) is 0 Å². The van der Waals surface area contributed by atoms with Gasteiger partial charge in [-0.05, 0) is 42.5 Å². The predicted octanol–water partition coefficient (Wildman–Crippen LogP) is 4.89. The topological polar surface area (TPSA) is 146 Å². The standard InChI is InChI=1S/C28H29N3O8/c32-26(39-24-16-14-23(15-17-24)31(35)36)25(30-28(34)38-20-22-11-5-2-6-12-22)13-7-8-18-29-27(33)37-19-21-9-3-1-4-10-21/h1-6,9-12,14-17,25H,7-8,13,18-20H2,(H,29,33)(H,30,34)/t25-/m1/s1. The highest BCUT2D eigenvalue weighted by Gasteiger charge is 2.24. The van der Waals surface area contributed by atoms with E-state index < -0.39 is 29.1 Å². The molecule has 0 saturated heterocycles. The van der Waals surface area contributed by atoms with Crippen molar-refractivity contribution < 1.29 is 33.5 Å². The Kier molecular flexibility index (Phi) is 11.3. The Labute approximate surface area is 225 Å². The first-order valence-electron chi connectivity index (χ1n) is 12.3. The van der Waals surface area contributed by atoms with Gasteiger partial charge in [0.1, 0.15) is 25.0 Å². The molecule has 0 saturated carbocycles. The number of benzene rings is 3. The van der Waals surface area contributed by atoms with Crippen LogP contribution < -0.4 is 15.4 Å². The van der Waals surface area contributed by atoms with Gasteiger partial charge in [-0.15, -0.1) is 0 Å². The number of amides is 2. The number of nitro benzene ring substituents is 1. The van der Waals surface area contributed by atoms with E-state index in [1.165, 1.54) is 24.3 Å². The second kappa shape index (κ2) is 15.4. The molecule has 0 aromatic heterocycles. The highest BCUT2D eigenvalue weighted by molar-refractivity contribution is 5.83. The van der Waals surface area contributed by atoms with Crippen LogP contribution in [0.2, 0.25) is 0 Å². The number of alkyl carbamates (subject to hydrolysis) is 2. The smallest absolute Gasteiger partial charge is 0.408 e. The van der Waals surface area contributed by atoms with Crippen LogP contribution in [0.5, 0.6) is 5.75 Å². The Morgan fingerprint density at radius 2 is 1.33 bits per heavy atom. The van der Waals surface area contributed by atoms with Crippen LogP contribution in [0.1, 0.15) is 30.4 Å². The summed E-state index contributed by atoms with van der Waals surface area (Å²) in [7, 11) is 0. The number of ether oxygens (including phenoxy) is 3. The first kappa shape index (κ1) is 28.6. The zero-order chi connectivity index (χ0) is 27.9. The number of carbonyl (C=O) groups excluding carboxylic acids is 3. The Hall–Kier alpha value is -4.93. The predicted molar refractivity (Wildman–Crippen MR) is 141 cm³/mol. The lowest BCUT2D eigenvalue weighted by Crippen LogP contribution is -2.43. The lowest BCUT2D eigenvalue weighted by molar-refractivity contribution is -0.384. The minimum Gasteiger partial charge on any atom is -0.445 e. The fourth-order valence-corrected chi connectivity index (χ4v) is 3.42. The Morgan fingerprint density at radius 3 is 1.90 bits per heavy atom. The van der Waals surface area contributed by atoms with E-state index in [9.17, 15) is 24.5 Å². The first-order valence-corrected chi connectivity index (χ1v) is 12.3. The number of nitrogens with zero attached hydrogens (tertiary/aromatic N) is 1.